The fourth-order valence-corrected chi connectivity index (χ4v) is 3.94. The topological polar surface area (TPSA) is 25.8 Å². The van der Waals surface area contributed by atoms with Gasteiger partial charge in [-0.25, -0.2) is 0 Å². The maximum Gasteiger partial charge on any atom is 1.00 e. The quantitative estimate of drug-likeness (QED) is 0.232. The van der Waals surface area contributed by atoms with Gasteiger partial charge in [0.2, 0.25) is 0 Å². The second-order valence-corrected chi connectivity index (χ2v) is 7.21. The molecule has 0 radical (unpaired) electrons. The van der Waals surface area contributed by atoms with Crippen molar-refractivity contribution in [1.29, 1.82) is 0 Å². The van der Waals surface area contributed by atoms with Crippen molar-refractivity contribution >= 4 is 21.8 Å². The van der Waals surface area contributed by atoms with Crippen LogP contribution in [0.1, 0.15) is 11.4 Å². The Kier molecular flexibility index (Phi) is 5.19. The van der Waals surface area contributed by atoms with Crippen molar-refractivity contribution in [2.24, 2.45) is 0 Å². The third-order valence-electron chi connectivity index (χ3n) is 5.18. The first-order valence-electron chi connectivity index (χ1n) is 9.53. The van der Waals surface area contributed by atoms with Crippen LogP contribution in [-0.4, -0.2) is 9.97 Å². The van der Waals surface area contributed by atoms with Gasteiger partial charge in [0, 0.05) is 22.2 Å². The molecule has 2 aromatic heterocycles. The van der Waals surface area contributed by atoms with E-state index in [1.165, 1.54) is 22.3 Å². The summed E-state index contributed by atoms with van der Waals surface area (Å²) in [7, 11) is 0. The second kappa shape index (κ2) is 7.79. The summed E-state index contributed by atoms with van der Waals surface area (Å²) in [5, 5.41) is 2.28. The Bertz CT molecular complexity index is 1210. The van der Waals surface area contributed by atoms with Crippen molar-refractivity contribution in [3.05, 3.63) is 96.3 Å². The van der Waals surface area contributed by atoms with Crippen LogP contribution in [0.3, 0.4) is 0 Å². The van der Waals surface area contributed by atoms with Gasteiger partial charge < -0.3 is 0 Å². The summed E-state index contributed by atoms with van der Waals surface area (Å²) in [6.07, 6.45) is 0. The molecule has 5 aromatic rings. The number of aromatic nitrogens is 2. The molecular formula is C26H20CuN2+. The van der Waals surface area contributed by atoms with E-state index in [1.54, 1.807) is 0 Å². The van der Waals surface area contributed by atoms with Crippen molar-refractivity contribution in [1.82, 2.24) is 9.97 Å². The molecule has 3 aromatic carbocycles. The van der Waals surface area contributed by atoms with Crippen molar-refractivity contribution in [3.8, 4) is 22.3 Å². The van der Waals surface area contributed by atoms with Crippen LogP contribution >= 0.6 is 0 Å². The number of aryl methyl sites for hydroxylation is 2. The fraction of sp³-hybridized carbons (Fsp3) is 0.0769. The molecule has 0 N–H and O–H groups in total. The monoisotopic (exact) mass is 423 g/mol. The molecule has 0 aliphatic heterocycles. The summed E-state index contributed by atoms with van der Waals surface area (Å²) in [4.78, 5) is 9.81. The van der Waals surface area contributed by atoms with Gasteiger partial charge in [-0.1, -0.05) is 72.8 Å². The fourth-order valence-electron chi connectivity index (χ4n) is 3.94. The van der Waals surface area contributed by atoms with E-state index < -0.39 is 0 Å². The number of nitrogens with zero attached hydrogens (tertiary/aromatic N) is 2. The molecule has 0 amide bonds. The Hall–Kier alpha value is -3.00. The predicted molar refractivity (Wildman–Crippen MR) is 117 cm³/mol. The smallest absolute Gasteiger partial charge is 0.251 e. The first-order valence-corrected chi connectivity index (χ1v) is 9.53. The first-order chi connectivity index (χ1) is 13.7. The average Bonchev–Trinajstić information content (AvgIpc) is 2.74. The van der Waals surface area contributed by atoms with Crippen LogP contribution in [0, 0.1) is 13.8 Å². The van der Waals surface area contributed by atoms with E-state index in [0.29, 0.717) is 0 Å². The van der Waals surface area contributed by atoms with Gasteiger partial charge in [-0.3, -0.25) is 9.97 Å². The Morgan fingerprint density at radius 3 is 1.28 bits per heavy atom. The van der Waals surface area contributed by atoms with Crippen molar-refractivity contribution in [3.63, 3.8) is 0 Å². The third-order valence-corrected chi connectivity index (χ3v) is 5.18. The zero-order valence-corrected chi connectivity index (χ0v) is 17.2. The molecule has 0 bridgehead atoms. The van der Waals surface area contributed by atoms with Gasteiger partial charge in [-0.2, -0.15) is 0 Å². The van der Waals surface area contributed by atoms with E-state index in [0.717, 1.165) is 33.2 Å². The maximum atomic E-state index is 4.90. The molecule has 0 saturated carbocycles. The van der Waals surface area contributed by atoms with Crippen LogP contribution in [0.4, 0.5) is 0 Å². The molecule has 144 valence electrons. The summed E-state index contributed by atoms with van der Waals surface area (Å²) in [5.74, 6) is 0. The minimum Gasteiger partial charge on any atom is -0.251 e. The predicted octanol–water partition coefficient (Wildman–Crippen LogP) is 6.73. The van der Waals surface area contributed by atoms with Gasteiger partial charge in [-0.05, 0) is 48.2 Å². The van der Waals surface area contributed by atoms with Crippen LogP contribution in [-0.2, 0) is 17.1 Å². The summed E-state index contributed by atoms with van der Waals surface area (Å²) < 4.78 is 0. The molecule has 0 saturated heterocycles. The molecule has 0 spiro atoms. The SMILES string of the molecule is Cc1cc(-c2ccccc2)c2ccc3c(-c4ccccc4)cc(C)nc3c2n1.[Cu+]. The number of pyridine rings is 2. The Morgan fingerprint density at radius 2 is 0.897 bits per heavy atom. The number of hydrogen-bond donors (Lipinski definition) is 0. The Labute approximate surface area is 181 Å². The summed E-state index contributed by atoms with van der Waals surface area (Å²) >= 11 is 0. The van der Waals surface area contributed by atoms with Crippen LogP contribution in [0.25, 0.3) is 44.1 Å². The van der Waals surface area contributed by atoms with Gasteiger partial charge in [0.1, 0.15) is 0 Å². The number of hydrogen-bond acceptors (Lipinski definition) is 2. The van der Waals surface area contributed by atoms with Crippen LogP contribution in [0.2, 0.25) is 0 Å². The van der Waals surface area contributed by atoms with Gasteiger partial charge in [-0.15, -0.1) is 0 Å². The molecular weight excluding hydrogens is 404 g/mol. The average molecular weight is 424 g/mol. The van der Waals surface area contributed by atoms with E-state index in [1.807, 2.05) is 12.1 Å². The van der Waals surface area contributed by atoms with Crippen molar-refractivity contribution < 1.29 is 17.1 Å². The van der Waals surface area contributed by atoms with Gasteiger partial charge in [0.15, 0.2) is 0 Å². The van der Waals surface area contributed by atoms with Crippen LogP contribution < -0.4 is 0 Å². The normalized spacial score (nSPS) is 10.8. The molecule has 0 fully saturated rings. The Morgan fingerprint density at radius 1 is 0.517 bits per heavy atom. The third kappa shape index (κ3) is 3.44. The molecule has 2 nitrogen and oxygen atoms in total. The molecule has 0 aliphatic carbocycles. The molecule has 29 heavy (non-hydrogen) atoms. The van der Waals surface area contributed by atoms with Gasteiger partial charge >= 0.3 is 17.1 Å². The van der Waals surface area contributed by atoms with E-state index >= 15 is 0 Å². The molecule has 0 unspecified atom stereocenters. The molecule has 2 heterocycles. The van der Waals surface area contributed by atoms with E-state index in [2.05, 4.69) is 86.6 Å². The van der Waals surface area contributed by atoms with Crippen molar-refractivity contribution in [2.75, 3.05) is 0 Å². The minimum atomic E-state index is 0. The number of fused-ring (bicyclic) bond motifs is 3. The van der Waals surface area contributed by atoms with Crippen LogP contribution in [0.5, 0.6) is 0 Å². The van der Waals surface area contributed by atoms with E-state index in [-0.39, 0.29) is 17.1 Å². The van der Waals surface area contributed by atoms with Gasteiger partial charge in [0.05, 0.1) is 11.0 Å². The van der Waals surface area contributed by atoms with Crippen molar-refractivity contribution in [2.45, 2.75) is 13.8 Å². The van der Waals surface area contributed by atoms with Gasteiger partial charge in [0.25, 0.3) is 0 Å². The standard InChI is InChI=1S/C26H20N2.Cu/c1-17-15-23(19-9-5-3-6-10-19)21-13-14-22-24(20-11-7-4-8-12-20)16-18(2)28-26(22)25(21)27-17;/h3-16H,1-2H3;/q;+1. The minimum absolute atomic E-state index is 0. The zero-order chi connectivity index (χ0) is 19.1. The second-order valence-electron chi connectivity index (χ2n) is 7.21. The maximum absolute atomic E-state index is 4.90. The van der Waals surface area contributed by atoms with Crippen LogP contribution in [0.15, 0.2) is 84.9 Å². The summed E-state index contributed by atoms with van der Waals surface area (Å²) in [6.45, 7) is 4.11. The molecule has 0 aliphatic rings. The summed E-state index contributed by atoms with van der Waals surface area (Å²) in [5.41, 5.74) is 8.76. The summed E-state index contributed by atoms with van der Waals surface area (Å²) in [6, 6.07) is 29.7. The Balaban J connectivity index is 0.00000205. The molecule has 0 atom stereocenters. The largest absolute Gasteiger partial charge is 1.00 e. The zero-order valence-electron chi connectivity index (χ0n) is 16.3. The number of rotatable bonds is 2. The molecule has 5 rings (SSSR count). The molecule has 3 heteroatoms. The van der Waals surface area contributed by atoms with E-state index in [9.17, 15) is 0 Å². The van der Waals surface area contributed by atoms with E-state index in [4.69, 9.17) is 9.97 Å². The number of benzene rings is 3. The first kappa shape index (κ1) is 19.3.